The van der Waals surface area contributed by atoms with Gasteiger partial charge in [0.1, 0.15) is 5.01 Å². The van der Waals surface area contributed by atoms with Crippen LogP contribution in [0.3, 0.4) is 0 Å². The maximum absolute atomic E-state index is 12.2. The molecule has 0 saturated carbocycles. The van der Waals surface area contributed by atoms with Crippen molar-refractivity contribution in [3.05, 3.63) is 59.2 Å². The van der Waals surface area contributed by atoms with Gasteiger partial charge in [0.15, 0.2) is 12.3 Å². The topological polar surface area (TPSA) is 95.9 Å². The number of hydrogen-bond acceptors (Lipinski definition) is 8. The second kappa shape index (κ2) is 7.12. The Hall–Kier alpha value is -3.33. The Bertz CT molecular complexity index is 1080. The van der Waals surface area contributed by atoms with E-state index in [9.17, 15) is 4.79 Å². The first-order chi connectivity index (χ1) is 13.1. The fraction of sp³-hybridized carbons (Fsp3) is 0.167. The molecule has 0 radical (unpaired) electrons. The van der Waals surface area contributed by atoms with Gasteiger partial charge in [-0.3, -0.25) is 4.68 Å². The van der Waals surface area contributed by atoms with E-state index < -0.39 is 5.97 Å². The number of benzene rings is 1. The maximum atomic E-state index is 12.2. The summed E-state index contributed by atoms with van der Waals surface area (Å²) in [5.74, 6) is 0.131. The van der Waals surface area contributed by atoms with Gasteiger partial charge in [0.25, 0.3) is 5.89 Å². The molecule has 0 bridgehead atoms. The number of thiazole rings is 1. The third kappa shape index (κ3) is 3.77. The zero-order chi connectivity index (χ0) is 18.8. The van der Waals surface area contributed by atoms with Crippen LogP contribution in [0.2, 0.25) is 0 Å². The molecular formula is C18H15N5O3S. The molecule has 0 aliphatic rings. The van der Waals surface area contributed by atoms with Crippen LogP contribution in [-0.2, 0) is 18.4 Å². The number of aryl methyl sites for hydroxylation is 2. The van der Waals surface area contributed by atoms with Crippen molar-refractivity contribution in [3.8, 4) is 22.0 Å². The standard InChI is InChI=1S/C18H15N5O3S/c1-11-3-5-12(6-4-11)16-21-15(26-22-16)9-25-18(24)14-10-27-17(20-14)13-7-19-23(2)8-13/h3-8,10H,9H2,1-2H3. The summed E-state index contributed by atoms with van der Waals surface area (Å²) in [5, 5.41) is 10.4. The van der Waals surface area contributed by atoms with Crippen molar-refractivity contribution >= 4 is 17.3 Å². The molecule has 0 unspecified atom stereocenters. The van der Waals surface area contributed by atoms with Crippen molar-refractivity contribution in [2.24, 2.45) is 7.05 Å². The highest BCUT2D eigenvalue weighted by atomic mass is 32.1. The van der Waals surface area contributed by atoms with Crippen LogP contribution in [0.1, 0.15) is 21.9 Å². The SMILES string of the molecule is Cc1ccc(-c2noc(COC(=O)c3csc(-c4cnn(C)c4)n3)n2)cc1. The summed E-state index contributed by atoms with van der Waals surface area (Å²) in [6, 6.07) is 7.75. The van der Waals surface area contributed by atoms with Gasteiger partial charge >= 0.3 is 5.97 Å². The molecule has 27 heavy (non-hydrogen) atoms. The van der Waals surface area contributed by atoms with Crippen LogP contribution in [0, 0.1) is 6.92 Å². The van der Waals surface area contributed by atoms with Crippen molar-refractivity contribution in [1.29, 1.82) is 0 Å². The van der Waals surface area contributed by atoms with E-state index in [-0.39, 0.29) is 18.2 Å². The molecule has 0 atom stereocenters. The van der Waals surface area contributed by atoms with Gasteiger partial charge in [-0.2, -0.15) is 10.1 Å². The van der Waals surface area contributed by atoms with E-state index in [4.69, 9.17) is 9.26 Å². The summed E-state index contributed by atoms with van der Waals surface area (Å²) in [7, 11) is 1.82. The van der Waals surface area contributed by atoms with Crippen LogP contribution in [0.25, 0.3) is 22.0 Å². The van der Waals surface area contributed by atoms with Crippen molar-refractivity contribution in [1.82, 2.24) is 24.9 Å². The summed E-state index contributed by atoms with van der Waals surface area (Å²) < 4.78 is 12.0. The Morgan fingerprint density at radius 2 is 2.04 bits per heavy atom. The molecule has 0 aliphatic carbocycles. The molecule has 3 aromatic heterocycles. The summed E-state index contributed by atoms with van der Waals surface area (Å²) in [4.78, 5) is 20.7. The van der Waals surface area contributed by atoms with Gasteiger partial charge in [0.2, 0.25) is 5.82 Å². The summed E-state index contributed by atoms with van der Waals surface area (Å²) in [6.07, 6.45) is 3.53. The predicted octanol–water partition coefficient (Wildman–Crippen LogP) is 3.26. The number of carbonyl (C=O) groups is 1. The number of ether oxygens (including phenoxy) is 1. The number of nitrogens with zero attached hydrogens (tertiary/aromatic N) is 5. The van der Waals surface area contributed by atoms with Crippen molar-refractivity contribution in [2.75, 3.05) is 0 Å². The minimum Gasteiger partial charge on any atom is -0.451 e. The predicted molar refractivity (Wildman–Crippen MR) is 97.9 cm³/mol. The normalized spacial score (nSPS) is 10.9. The molecule has 3 heterocycles. The van der Waals surface area contributed by atoms with Crippen LogP contribution in [0.5, 0.6) is 0 Å². The van der Waals surface area contributed by atoms with Gasteiger partial charge in [-0.25, -0.2) is 9.78 Å². The van der Waals surface area contributed by atoms with E-state index >= 15 is 0 Å². The van der Waals surface area contributed by atoms with Gasteiger partial charge in [0.05, 0.1) is 6.20 Å². The van der Waals surface area contributed by atoms with Gasteiger partial charge < -0.3 is 9.26 Å². The van der Waals surface area contributed by atoms with Gasteiger partial charge in [-0.1, -0.05) is 35.0 Å². The van der Waals surface area contributed by atoms with Crippen LogP contribution >= 0.6 is 11.3 Å². The summed E-state index contributed by atoms with van der Waals surface area (Å²) >= 11 is 1.35. The zero-order valence-corrected chi connectivity index (χ0v) is 15.4. The first kappa shape index (κ1) is 17.1. The Morgan fingerprint density at radius 1 is 1.22 bits per heavy atom. The third-order valence-corrected chi connectivity index (χ3v) is 4.66. The summed E-state index contributed by atoms with van der Waals surface area (Å²) in [6.45, 7) is 1.89. The van der Waals surface area contributed by atoms with Crippen LogP contribution in [0.4, 0.5) is 0 Å². The average molecular weight is 381 g/mol. The van der Waals surface area contributed by atoms with Gasteiger partial charge in [-0.15, -0.1) is 11.3 Å². The lowest BCUT2D eigenvalue weighted by molar-refractivity contribution is 0.0424. The lowest BCUT2D eigenvalue weighted by Crippen LogP contribution is -2.05. The molecule has 0 amide bonds. The summed E-state index contributed by atoms with van der Waals surface area (Å²) in [5.41, 5.74) is 3.06. The largest absolute Gasteiger partial charge is 0.451 e. The molecule has 4 aromatic rings. The van der Waals surface area contributed by atoms with Gasteiger partial charge in [-0.05, 0) is 6.92 Å². The molecule has 0 N–H and O–H groups in total. The van der Waals surface area contributed by atoms with E-state index in [2.05, 4.69) is 20.2 Å². The smallest absolute Gasteiger partial charge is 0.358 e. The molecule has 0 fully saturated rings. The molecule has 0 aliphatic heterocycles. The number of carbonyl (C=O) groups excluding carboxylic acids is 1. The molecule has 0 spiro atoms. The molecule has 1 aromatic carbocycles. The van der Waals surface area contributed by atoms with Crippen LogP contribution < -0.4 is 0 Å². The Kier molecular flexibility index (Phi) is 4.51. The van der Waals surface area contributed by atoms with Crippen molar-refractivity contribution in [2.45, 2.75) is 13.5 Å². The molecule has 9 heteroatoms. The van der Waals surface area contributed by atoms with E-state index in [1.165, 1.54) is 11.3 Å². The van der Waals surface area contributed by atoms with Crippen molar-refractivity contribution in [3.63, 3.8) is 0 Å². The molecule has 0 saturated heterocycles. The lowest BCUT2D eigenvalue weighted by Gasteiger charge is -1.98. The molecular weight excluding hydrogens is 366 g/mol. The fourth-order valence-electron chi connectivity index (χ4n) is 2.37. The average Bonchev–Trinajstić information content (AvgIpc) is 3.40. The monoisotopic (exact) mass is 381 g/mol. The highest BCUT2D eigenvalue weighted by molar-refractivity contribution is 7.13. The first-order valence-corrected chi connectivity index (χ1v) is 8.98. The number of aromatic nitrogens is 5. The second-order valence-corrected chi connectivity index (χ2v) is 6.75. The van der Waals surface area contributed by atoms with Crippen LogP contribution in [-0.4, -0.2) is 30.9 Å². The number of rotatable bonds is 5. The molecule has 4 rings (SSSR count). The third-order valence-electron chi connectivity index (χ3n) is 3.77. The minimum absolute atomic E-state index is 0.114. The quantitative estimate of drug-likeness (QED) is 0.490. The Balaban J connectivity index is 1.40. The van der Waals surface area contributed by atoms with E-state index in [1.54, 1.807) is 16.3 Å². The Morgan fingerprint density at radius 3 is 2.78 bits per heavy atom. The lowest BCUT2D eigenvalue weighted by atomic mass is 10.1. The van der Waals surface area contributed by atoms with E-state index in [0.717, 1.165) is 16.7 Å². The Labute approximate surface area is 158 Å². The highest BCUT2D eigenvalue weighted by Gasteiger charge is 2.16. The highest BCUT2D eigenvalue weighted by Crippen LogP contribution is 2.23. The second-order valence-electron chi connectivity index (χ2n) is 5.89. The maximum Gasteiger partial charge on any atom is 0.358 e. The van der Waals surface area contributed by atoms with Crippen molar-refractivity contribution < 1.29 is 14.1 Å². The van der Waals surface area contributed by atoms with E-state index in [1.807, 2.05) is 44.4 Å². The minimum atomic E-state index is -0.545. The molecule has 8 nitrogen and oxygen atoms in total. The van der Waals surface area contributed by atoms with Gasteiger partial charge in [0, 0.05) is 29.8 Å². The first-order valence-electron chi connectivity index (χ1n) is 8.10. The molecule has 136 valence electrons. The van der Waals surface area contributed by atoms with E-state index in [0.29, 0.717) is 10.8 Å². The number of esters is 1. The number of hydrogen-bond donors (Lipinski definition) is 0. The van der Waals surface area contributed by atoms with Crippen LogP contribution in [0.15, 0.2) is 46.6 Å². The fourth-order valence-corrected chi connectivity index (χ4v) is 3.13. The zero-order valence-electron chi connectivity index (χ0n) is 14.6.